The van der Waals surface area contributed by atoms with E-state index < -0.39 is 23.6 Å². The molecule has 0 N–H and O–H groups in total. The number of nitrogens with zero attached hydrogens (tertiary/aromatic N) is 8. The number of carbonyl (C=O) groups is 1. The number of halogens is 3. The Balaban J connectivity index is 1.27. The zero-order valence-corrected chi connectivity index (χ0v) is 28.0. The molecule has 2 saturated heterocycles. The Morgan fingerprint density at radius 3 is 2.60 bits per heavy atom. The quantitative estimate of drug-likeness (QED) is 0.169. The van der Waals surface area contributed by atoms with Crippen LogP contribution in [0, 0.1) is 17.1 Å². The molecule has 0 bridgehead atoms. The maximum atomic E-state index is 16.8. The van der Waals surface area contributed by atoms with Crippen molar-refractivity contribution >= 4 is 51.1 Å². The third-order valence-electron chi connectivity index (χ3n) is 9.40. The number of anilines is 1. The Labute approximate surface area is 292 Å². The summed E-state index contributed by atoms with van der Waals surface area (Å²) in [4.78, 5) is 36.0. The van der Waals surface area contributed by atoms with Gasteiger partial charge in [0.2, 0.25) is 0 Å². The number of hydrogen-bond donors (Lipinski definition) is 0. The molecule has 254 valence electrons. The molecule has 5 aromatic rings. The lowest BCUT2D eigenvalue weighted by Gasteiger charge is -2.41. The van der Waals surface area contributed by atoms with Crippen molar-refractivity contribution in [3.8, 4) is 23.2 Å². The second-order valence-electron chi connectivity index (χ2n) is 12.4. The minimum atomic E-state index is -1.03. The van der Waals surface area contributed by atoms with Crippen LogP contribution >= 0.6 is 11.6 Å². The van der Waals surface area contributed by atoms with Gasteiger partial charge in [0.15, 0.2) is 17.5 Å². The van der Waals surface area contributed by atoms with Crippen LogP contribution in [0.25, 0.3) is 38.9 Å². The fraction of sp³-hybridized carbons (Fsp3) is 0.297. The van der Waals surface area contributed by atoms with Gasteiger partial charge in [-0.05, 0) is 55.6 Å². The second-order valence-corrected chi connectivity index (χ2v) is 12.9. The first-order valence-electron chi connectivity index (χ1n) is 16.4. The smallest absolute Gasteiger partial charge is 0.319 e. The van der Waals surface area contributed by atoms with Crippen molar-refractivity contribution in [3.05, 3.63) is 89.5 Å². The number of likely N-dealkylation sites (N-methyl/N-ethyl adjacent to an activating group) is 1. The predicted molar refractivity (Wildman–Crippen MR) is 188 cm³/mol. The molecule has 50 heavy (non-hydrogen) atoms. The van der Waals surface area contributed by atoms with E-state index in [0.717, 1.165) is 36.2 Å². The van der Waals surface area contributed by atoms with E-state index in [2.05, 4.69) is 25.9 Å². The van der Waals surface area contributed by atoms with Crippen LogP contribution in [-0.4, -0.2) is 87.6 Å². The molecule has 13 heteroatoms. The molecular weight excluding hydrogens is 662 g/mol. The highest BCUT2D eigenvalue weighted by Crippen LogP contribution is 2.39. The van der Waals surface area contributed by atoms with E-state index in [0.29, 0.717) is 34.0 Å². The Bertz CT molecular complexity index is 2140. The third-order valence-corrected chi connectivity index (χ3v) is 9.72. The fourth-order valence-electron chi connectivity index (χ4n) is 6.81. The lowest BCUT2D eigenvalue weighted by molar-refractivity contribution is -0.131. The topological polar surface area (TPSA) is 111 Å². The van der Waals surface area contributed by atoms with Gasteiger partial charge in [-0.1, -0.05) is 48.0 Å². The van der Waals surface area contributed by atoms with Crippen molar-refractivity contribution in [2.75, 3.05) is 44.7 Å². The molecule has 1 unspecified atom stereocenters. The summed E-state index contributed by atoms with van der Waals surface area (Å²) in [7, 11) is 2.04. The average Bonchev–Trinajstić information content (AvgIpc) is 3.55. The van der Waals surface area contributed by atoms with Crippen LogP contribution in [-0.2, 0) is 4.79 Å². The van der Waals surface area contributed by atoms with Crippen LogP contribution < -0.4 is 9.64 Å². The summed E-state index contributed by atoms with van der Waals surface area (Å²) in [6.07, 6.45) is 5.84. The fourth-order valence-corrected chi connectivity index (χ4v) is 7.10. The Hall–Kier alpha value is -5.25. The zero-order chi connectivity index (χ0) is 34.8. The summed E-state index contributed by atoms with van der Waals surface area (Å²) in [5, 5.41) is 12.2. The van der Waals surface area contributed by atoms with E-state index in [1.165, 1.54) is 17.3 Å². The van der Waals surface area contributed by atoms with Crippen LogP contribution in [0.15, 0.2) is 72.8 Å². The number of nitriles is 1. The van der Waals surface area contributed by atoms with Gasteiger partial charge in [-0.3, -0.25) is 4.79 Å². The van der Waals surface area contributed by atoms with E-state index in [-0.39, 0.29) is 49.4 Å². The van der Waals surface area contributed by atoms with E-state index >= 15 is 8.78 Å². The number of benzene rings is 3. The molecule has 0 spiro atoms. The highest BCUT2D eigenvalue weighted by Gasteiger charge is 2.34. The van der Waals surface area contributed by atoms with Crippen LogP contribution in [0.3, 0.4) is 0 Å². The van der Waals surface area contributed by atoms with Crippen LogP contribution in [0.2, 0.25) is 5.02 Å². The van der Waals surface area contributed by atoms with Crippen molar-refractivity contribution in [2.24, 2.45) is 0 Å². The third kappa shape index (κ3) is 6.54. The van der Waals surface area contributed by atoms with Gasteiger partial charge in [-0.25, -0.2) is 18.7 Å². The summed E-state index contributed by atoms with van der Waals surface area (Å²) in [6, 6.07) is 17.8. The number of hydrogen-bond acceptors (Lipinski definition) is 9. The molecule has 4 heterocycles. The number of ether oxygens (including phenoxy) is 1. The number of rotatable bonds is 8. The summed E-state index contributed by atoms with van der Waals surface area (Å²) in [5.74, 6) is -1.99. The maximum Gasteiger partial charge on any atom is 0.319 e. The van der Waals surface area contributed by atoms with E-state index in [1.54, 1.807) is 24.3 Å². The van der Waals surface area contributed by atoms with Gasteiger partial charge in [-0.15, -0.1) is 0 Å². The molecule has 10 nitrogen and oxygen atoms in total. The molecule has 0 aliphatic carbocycles. The Morgan fingerprint density at radius 1 is 1.04 bits per heavy atom. The van der Waals surface area contributed by atoms with Gasteiger partial charge in [0.1, 0.15) is 17.9 Å². The SMILES string of the molecule is CN1CCC[C@H]1COc1nc(N2CCN(C(=O)/C(F)=C/c3ncccn3)C(CC#N)C2)c2ccc(-c3cccc4cccc(Cl)c34)c(F)c2n1. The van der Waals surface area contributed by atoms with Crippen molar-refractivity contribution in [1.29, 1.82) is 5.26 Å². The highest BCUT2D eigenvalue weighted by atomic mass is 35.5. The molecular formula is C37H33ClF2N8O2. The van der Waals surface area contributed by atoms with Crippen LogP contribution in [0.5, 0.6) is 6.01 Å². The standard InChI is InChI=1S/C37H33ClF2N8O2/c1-46-17-4-8-25(46)22-50-37-44-34-28(12-11-27(33(34)40)26-9-2-6-23-7-3-10-29(38)32(23)26)35(45-37)47-18-19-48(24(21-47)13-14-41)36(49)30(39)20-31-42-15-5-16-43-31/h2-3,5-7,9-12,15-16,20,24-25H,4,8,13,17-19,21-22H2,1H3/b30-20-/t24?,25-/m0/s1. The number of fused-ring (bicyclic) bond motifs is 2. The highest BCUT2D eigenvalue weighted by molar-refractivity contribution is 6.36. The van der Waals surface area contributed by atoms with Crippen molar-refractivity contribution in [3.63, 3.8) is 0 Å². The first-order chi connectivity index (χ1) is 24.3. The van der Waals surface area contributed by atoms with E-state index in [1.807, 2.05) is 42.3 Å². The van der Waals surface area contributed by atoms with Gasteiger partial charge < -0.3 is 19.4 Å². The predicted octanol–water partition coefficient (Wildman–Crippen LogP) is 6.45. The molecule has 2 aliphatic heterocycles. The number of amides is 1. The monoisotopic (exact) mass is 694 g/mol. The molecule has 2 fully saturated rings. The summed E-state index contributed by atoms with van der Waals surface area (Å²) in [5.41, 5.74) is 1.02. The summed E-state index contributed by atoms with van der Waals surface area (Å²) < 4.78 is 38.1. The Kier molecular flexibility index (Phi) is 9.52. The maximum absolute atomic E-state index is 16.8. The number of aromatic nitrogens is 4. The van der Waals surface area contributed by atoms with E-state index in [4.69, 9.17) is 21.3 Å². The summed E-state index contributed by atoms with van der Waals surface area (Å²) in [6.45, 7) is 1.76. The lowest BCUT2D eigenvalue weighted by Crippen LogP contribution is -2.55. The first-order valence-corrected chi connectivity index (χ1v) is 16.8. The van der Waals surface area contributed by atoms with E-state index in [9.17, 15) is 10.1 Å². The van der Waals surface area contributed by atoms with Gasteiger partial charge in [-0.2, -0.15) is 15.2 Å². The zero-order valence-electron chi connectivity index (χ0n) is 27.3. The molecule has 3 aromatic carbocycles. The van der Waals surface area contributed by atoms with Gasteiger partial charge >= 0.3 is 6.01 Å². The molecule has 2 atom stereocenters. The van der Waals surface area contributed by atoms with Crippen LogP contribution in [0.1, 0.15) is 25.1 Å². The first kappa shape index (κ1) is 33.3. The lowest BCUT2D eigenvalue weighted by atomic mass is 9.96. The number of likely N-dealkylation sites (tertiary alicyclic amines) is 1. The molecule has 1 amide bonds. The summed E-state index contributed by atoms with van der Waals surface area (Å²) >= 11 is 6.62. The van der Waals surface area contributed by atoms with Gasteiger partial charge in [0, 0.05) is 65.5 Å². The van der Waals surface area contributed by atoms with Crippen molar-refractivity contribution in [1.82, 2.24) is 29.7 Å². The van der Waals surface area contributed by atoms with Crippen LogP contribution in [0.4, 0.5) is 14.6 Å². The molecule has 2 aliphatic rings. The number of piperazine rings is 1. The minimum Gasteiger partial charge on any atom is -0.462 e. The van der Waals surface area contributed by atoms with Crippen molar-refractivity contribution in [2.45, 2.75) is 31.3 Å². The molecule has 0 radical (unpaired) electrons. The molecule has 2 aromatic heterocycles. The van der Waals surface area contributed by atoms with Gasteiger partial charge in [0.25, 0.3) is 5.91 Å². The molecule has 7 rings (SSSR count). The normalized spacial score (nSPS) is 18.5. The number of carbonyl (C=O) groups excluding carboxylic acids is 1. The molecule has 0 saturated carbocycles. The largest absolute Gasteiger partial charge is 0.462 e. The Morgan fingerprint density at radius 2 is 1.84 bits per heavy atom. The van der Waals surface area contributed by atoms with Crippen molar-refractivity contribution < 1.29 is 18.3 Å². The average molecular weight is 695 g/mol. The van der Waals surface area contributed by atoms with Gasteiger partial charge in [0.05, 0.1) is 18.5 Å². The minimum absolute atomic E-state index is 0.0204. The second kappa shape index (κ2) is 14.3.